The van der Waals surface area contributed by atoms with Gasteiger partial charge in [0.2, 0.25) is 0 Å². The van der Waals surface area contributed by atoms with E-state index in [2.05, 4.69) is 4.98 Å². The number of methoxy groups -OCH3 is 3. The topological polar surface area (TPSA) is 84.0 Å². The molecule has 3 rings (SSSR count). The van der Waals surface area contributed by atoms with E-state index in [1.165, 1.54) is 13.2 Å². The summed E-state index contributed by atoms with van der Waals surface area (Å²) in [4.78, 5) is 29.2. The molecule has 0 saturated heterocycles. The smallest absolute Gasteiger partial charge is 0.340 e. The highest BCUT2D eigenvalue weighted by Crippen LogP contribution is 2.26. The van der Waals surface area contributed by atoms with E-state index in [1.54, 1.807) is 38.5 Å². The average molecular weight is 421 g/mol. The lowest BCUT2D eigenvalue weighted by atomic mass is 10.0. The fraction of sp³-hybridized carbons (Fsp3) is 0.208. The van der Waals surface area contributed by atoms with Crippen molar-refractivity contribution in [1.29, 1.82) is 0 Å². The van der Waals surface area contributed by atoms with Crippen LogP contribution >= 0.6 is 0 Å². The van der Waals surface area contributed by atoms with E-state index < -0.39 is 11.9 Å². The maximum Gasteiger partial charge on any atom is 0.340 e. The van der Waals surface area contributed by atoms with Gasteiger partial charge in [0, 0.05) is 17.0 Å². The van der Waals surface area contributed by atoms with Gasteiger partial charge in [-0.15, -0.1) is 0 Å². The predicted molar refractivity (Wildman–Crippen MR) is 116 cm³/mol. The second-order valence-corrected chi connectivity index (χ2v) is 6.62. The van der Waals surface area contributed by atoms with Gasteiger partial charge in [-0.3, -0.25) is 0 Å². The Labute approximate surface area is 180 Å². The Kier molecular flexibility index (Phi) is 6.87. The molecule has 0 aliphatic heterocycles. The Morgan fingerprint density at radius 1 is 1.03 bits per heavy atom. The number of carbonyl (C=O) groups excluding carboxylic acids is 2. The number of hydrogen-bond acceptors (Lipinski definition) is 7. The summed E-state index contributed by atoms with van der Waals surface area (Å²) >= 11 is 0. The van der Waals surface area contributed by atoms with E-state index in [-0.39, 0.29) is 6.61 Å². The molecule has 1 heterocycles. The minimum Gasteiger partial charge on any atom is -0.497 e. The average Bonchev–Trinajstić information content (AvgIpc) is 2.80. The minimum absolute atomic E-state index is 0.172. The molecular formula is C24H23NO6. The van der Waals surface area contributed by atoms with Crippen LogP contribution in [0.15, 0.2) is 48.5 Å². The van der Waals surface area contributed by atoms with Crippen LogP contribution in [0, 0.1) is 6.92 Å². The van der Waals surface area contributed by atoms with Gasteiger partial charge in [-0.25, -0.2) is 14.6 Å². The summed E-state index contributed by atoms with van der Waals surface area (Å²) in [5.41, 5.74) is 2.72. The molecule has 2 aromatic carbocycles. The second-order valence-electron chi connectivity index (χ2n) is 6.62. The largest absolute Gasteiger partial charge is 0.497 e. The van der Waals surface area contributed by atoms with Crippen molar-refractivity contribution < 1.29 is 28.5 Å². The molecule has 7 nitrogen and oxygen atoms in total. The molecular weight excluding hydrogens is 398 g/mol. The van der Waals surface area contributed by atoms with E-state index in [0.29, 0.717) is 33.8 Å². The maximum absolute atomic E-state index is 12.3. The predicted octanol–water partition coefficient (Wildman–Crippen LogP) is 4.10. The summed E-state index contributed by atoms with van der Waals surface area (Å²) in [6.45, 7) is 1.64. The summed E-state index contributed by atoms with van der Waals surface area (Å²) in [6, 6.07) is 12.7. The summed E-state index contributed by atoms with van der Waals surface area (Å²) < 4.78 is 20.8. The molecule has 0 radical (unpaired) electrons. The Morgan fingerprint density at radius 2 is 1.81 bits per heavy atom. The summed E-state index contributed by atoms with van der Waals surface area (Å²) in [6.07, 6.45) is 2.85. The Balaban J connectivity index is 1.83. The molecule has 0 spiro atoms. The summed E-state index contributed by atoms with van der Waals surface area (Å²) in [7, 11) is 4.40. The summed E-state index contributed by atoms with van der Waals surface area (Å²) in [5.74, 6) is 0.101. The fourth-order valence-electron chi connectivity index (χ4n) is 3.23. The van der Waals surface area contributed by atoms with Crippen molar-refractivity contribution in [2.24, 2.45) is 0 Å². The van der Waals surface area contributed by atoms with E-state index in [4.69, 9.17) is 18.9 Å². The van der Waals surface area contributed by atoms with Gasteiger partial charge < -0.3 is 18.9 Å². The van der Waals surface area contributed by atoms with Crippen LogP contribution < -0.4 is 9.47 Å². The number of pyridine rings is 1. The number of rotatable bonds is 7. The van der Waals surface area contributed by atoms with Crippen molar-refractivity contribution in [1.82, 2.24) is 4.98 Å². The van der Waals surface area contributed by atoms with Gasteiger partial charge in [-0.1, -0.05) is 18.2 Å². The van der Waals surface area contributed by atoms with Crippen LogP contribution in [-0.2, 0) is 20.9 Å². The van der Waals surface area contributed by atoms with Crippen LogP contribution in [0.3, 0.4) is 0 Å². The number of nitrogens with zero attached hydrogens (tertiary/aromatic N) is 1. The molecule has 3 aromatic rings. The van der Waals surface area contributed by atoms with Gasteiger partial charge in [-0.05, 0) is 42.8 Å². The Bertz CT molecular complexity index is 1150. The van der Waals surface area contributed by atoms with Gasteiger partial charge in [0.05, 0.1) is 38.1 Å². The highest BCUT2D eigenvalue weighted by Gasteiger charge is 2.20. The molecule has 0 amide bonds. The standard InChI is InChI=1S/C24H23NO6/c1-15-18-7-5-6-8-19(18)25-20(23(15)24(27)30-4)14-31-22(26)12-9-16-13-17(28-2)10-11-21(16)29-3/h5-13H,14H2,1-4H3/b12-9+. The van der Waals surface area contributed by atoms with E-state index in [0.717, 1.165) is 10.9 Å². The molecule has 0 aliphatic carbocycles. The van der Waals surface area contributed by atoms with E-state index in [9.17, 15) is 9.59 Å². The Hall–Kier alpha value is -3.87. The SMILES string of the molecule is COC(=O)c1c(COC(=O)/C=C/c2cc(OC)ccc2OC)nc2ccccc2c1C. The first kappa shape index (κ1) is 21.8. The molecule has 0 unspecified atom stereocenters. The van der Waals surface area contributed by atoms with Crippen LogP contribution in [0.1, 0.15) is 27.2 Å². The van der Waals surface area contributed by atoms with Gasteiger partial charge >= 0.3 is 11.9 Å². The molecule has 1 aromatic heterocycles. The lowest BCUT2D eigenvalue weighted by molar-refractivity contribution is -0.139. The lowest BCUT2D eigenvalue weighted by Gasteiger charge is -2.13. The van der Waals surface area contributed by atoms with Crippen LogP contribution in [0.5, 0.6) is 11.5 Å². The van der Waals surface area contributed by atoms with Gasteiger partial charge in [0.1, 0.15) is 18.1 Å². The van der Waals surface area contributed by atoms with Crippen LogP contribution in [0.4, 0.5) is 0 Å². The molecule has 7 heteroatoms. The highest BCUT2D eigenvalue weighted by atomic mass is 16.5. The minimum atomic E-state index is -0.590. The number of aromatic nitrogens is 1. The molecule has 0 fully saturated rings. The lowest BCUT2D eigenvalue weighted by Crippen LogP contribution is -2.13. The number of fused-ring (bicyclic) bond motifs is 1. The first-order valence-electron chi connectivity index (χ1n) is 9.51. The fourth-order valence-corrected chi connectivity index (χ4v) is 3.23. The van der Waals surface area contributed by atoms with Crippen molar-refractivity contribution in [3.8, 4) is 11.5 Å². The molecule has 160 valence electrons. The second kappa shape index (κ2) is 9.75. The van der Waals surface area contributed by atoms with E-state index >= 15 is 0 Å². The van der Waals surface area contributed by atoms with Gasteiger partial charge in [0.25, 0.3) is 0 Å². The number of benzene rings is 2. The van der Waals surface area contributed by atoms with Crippen molar-refractivity contribution in [2.75, 3.05) is 21.3 Å². The maximum atomic E-state index is 12.3. The number of carbonyl (C=O) groups is 2. The zero-order valence-corrected chi connectivity index (χ0v) is 17.8. The van der Waals surface area contributed by atoms with Crippen LogP contribution in [-0.4, -0.2) is 38.3 Å². The zero-order valence-electron chi connectivity index (χ0n) is 17.8. The van der Waals surface area contributed by atoms with Crippen molar-refractivity contribution in [2.45, 2.75) is 13.5 Å². The number of hydrogen-bond donors (Lipinski definition) is 0. The molecule has 0 atom stereocenters. The normalized spacial score (nSPS) is 10.8. The third-order valence-corrected chi connectivity index (χ3v) is 4.80. The number of para-hydroxylation sites is 1. The zero-order chi connectivity index (χ0) is 22.4. The van der Waals surface area contributed by atoms with Crippen LogP contribution in [0.25, 0.3) is 17.0 Å². The first-order chi connectivity index (χ1) is 15.0. The highest BCUT2D eigenvalue weighted by molar-refractivity contribution is 5.98. The number of esters is 2. The molecule has 0 bridgehead atoms. The third-order valence-electron chi connectivity index (χ3n) is 4.80. The molecule has 0 N–H and O–H groups in total. The van der Waals surface area contributed by atoms with Crippen molar-refractivity contribution >= 4 is 28.9 Å². The first-order valence-corrected chi connectivity index (χ1v) is 9.51. The van der Waals surface area contributed by atoms with Crippen molar-refractivity contribution in [3.05, 3.63) is 70.9 Å². The summed E-state index contributed by atoms with van der Waals surface area (Å²) in [5, 5.41) is 0.836. The molecule has 31 heavy (non-hydrogen) atoms. The number of ether oxygens (including phenoxy) is 4. The quantitative estimate of drug-likeness (QED) is 0.419. The molecule has 0 aliphatic rings. The van der Waals surface area contributed by atoms with Gasteiger partial charge in [0.15, 0.2) is 0 Å². The number of aryl methyl sites for hydroxylation is 1. The van der Waals surface area contributed by atoms with E-state index in [1.807, 2.05) is 31.2 Å². The molecule has 0 saturated carbocycles. The third kappa shape index (κ3) is 4.83. The Morgan fingerprint density at radius 3 is 2.52 bits per heavy atom. The monoisotopic (exact) mass is 421 g/mol. The van der Waals surface area contributed by atoms with Crippen molar-refractivity contribution in [3.63, 3.8) is 0 Å². The van der Waals surface area contributed by atoms with Gasteiger partial charge in [-0.2, -0.15) is 0 Å². The van der Waals surface area contributed by atoms with Crippen LogP contribution in [0.2, 0.25) is 0 Å².